The van der Waals surface area contributed by atoms with Gasteiger partial charge in [0.05, 0.1) is 29.7 Å². The molecule has 0 aromatic heterocycles. The van der Waals surface area contributed by atoms with E-state index in [9.17, 15) is 68.0 Å². The number of carbonyl (C=O) groups excluding carboxylic acids is 10. The van der Waals surface area contributed by atoms with Crippen LogP contribution in [0.1, 0.15) is 118 Å². The summed E-state index contributed by atoms with van der Waals surface area (Å²) in [5.41, 5.74) is 18.7. The summed E-state index contributed by atoms with van der Waals surface area (Å²) < 4.78 is 0. The number of amides is 8. The summed E-state index contributed by atoms with van der Waals surface area (Å²) in [6, 6.07) is 39.1. The Labute approximate surface area is 528 Å². The average molecular weight is 1260 g/mol. The highest BCUT2D eigenvalue weighted by molar-refractivity contribution is 6.45. The second-order valence-electron chi connectivity index (χ2n) is 20.5. The van der Waals surface area contributed by atoms with Crippen LogP contribution in [-0.4, -0.2) is 174 Å². The molecule has 5 rings (SSSR count). The van der Waals surface area contributed by atoms with E-state index in [1.165, 1.54) is 13.8 Å². The number of benzene rings is 5. The molecule has 0 radical (unpaired) electrons. The summed E-state index contributed by atoms with van der Waals surface area (Å²) in [4.78, 5) is 112. The maximum Gasteiger partial charge on any atom is 0.476 e. The topological polar surface area (TPSA) is 511 Å². The molecule has 0 fully saturated rings. The van der Waals surface area contributed by atoms with Crippen molar-refractivity contribution in [1.29, 1.82) is 0 Å². The summed E-state index contributed by atoms with van der Waals surface area (Å²) in [6.45, 7) is 6.12. The molecule has 0 spiro atoms. The Hall–Kier alpha value is -8.62. The van der Waals surface area contributed by atoms with Crippen molar-refractivity contribution >= 4 is 105 Å². The second-order valence-corrected chi connectivity index (χ2v) is 20.5. The number of Topliss-reactive ketones (excluding diaryl/α,β-unsaturated/α-hetero) is 2. The highest BCUT2D eigenvalue weighted by atomic mass is 16.4. The van der Waals surface area contributed by atoms with E-state index < -0.39 is 94.8 Å². The van der Waals surface area contributed by atoms with Crippen molar-refractivity contribution in [1.82, 2.24) is 26.6 Å². The summed E-state index contributed by atoms with van der Waals surface area (Å²) in [5, 5.41) is 104. The van der Waals surface area contributed by atoms with E-state index >= 15 is 0 Å². The molecule has 21 N–H and O–H groups in total. The molecule has 5 atom stereocenters. The fourth-order valence-electron chi connectivity index (χ4n) is 7.89. The number of nitrogens with two attached hydrogens (primary N) is 3. The highest BCUT2D eigenvalue weighted by Gasteiger charge is 2.31. The van der Waals surface area contributed by atoms with Crippen LogP contribution in [0.25, 0.3) is 21.9 Å². The van der Waals surface area contributed by atoms with Crippen molar-refractivity contribution in [3.05, 3.63) is 144 Å². The lowest BCUT2D eigenvalue weighted by molar-refractivity contribution is -0.123. The first kappa shape index (κ1) is 80.4. The Morgan fingerprint density at radius 3 is 1.16 bits per heavy atom. The van der Waals surface area contributed by atoms with E-state index in [2.05, 4.69) is 26.6 Å². The van der Waals surface area contributed by atoms with E-state index in [1.54, 1.807) is 43.3 Å². The van der Waals surface area contributed by atoms with Gasteiger partial charge in [0.1, 0.15) is 11.6 Å². The standard InChI is InChI=1S/C16H17BN2O4.C15H16BNO4.C13H19BN2O4.C7H15BN2O4.C7H14BNO4/c18-15(20)10-14(17(22)23)19-16(21)13-8-6-12(7-9-13)11-4-2-1-3-5-11;1-10(18)8-14(16(20)21)17-15(19)13-7-6-11-4-2-3-5-12(11)9-13;15-12(17)9-11(14(19)20)16-13(18)8-4-7-10-5-2-1-3-6-10;1-2-3-7(12)10-5(8(13)14)4-6(9)11;1-3-7(11)9-6(8(12)13)4-5(2)10/h1-9,14,22-23H,10H2,(H2,18,20)(H,19,21);2-7,9,14,20-21H,8H2,1H3,(H,17,19);1-3,5-6,11,19-20H,4,7-9H2,(H2,15,17)(H,16,18);5,13-14H,2-4H2,1H3,(H2,9,11)(H,10,12);6,12-13H,3-4H2,1-2H3,(H,9,11)/t2*14-;11-;5-;6-/m11110/s1. The van der Waals surface area contributed by atoms with Crippen LogP contribution >= 0.6 is 0 Å². The van der Waals surface area contributed by atoms with Crippen LogP contribution in [0.15, 0.2) is 127 Å². The first-order valence-electron chi connectivity index (χ1n) is 28.7. The van der Waals surface area contributed by atoms with Gasteiger partial charge in [-0.15, -0.1) is 0 Å². The Kier molecular flexibility index (Phi) is 38.8. The van der Waals surface area contributed by atoms with Crippen LogP contribution in [-0.2, 0) is 44.8 Å². The first-order chi connectivity index (χ1) is 42.9. The molecule has 0 heterocycles. The smallest absolute Gasteiger partial charge is 0.426 e. The molecule has 0 aliphatic rings. The third-order valence-corrected chi connectivity index (χ3v) is 12.5. The van der Waals surface area contributed by atoms with Crippen molar-refractivity contribution < 1.29 is 98.2 Å². The van der Waals surface area contributed by atoms with Gasteiger partial charge in [0.25, 0.3) is 11.8 Å². The van der Waals surface area contributed by atoms with Gasteiger partial charge >= 0.3 is 35.6 Å². The number of carbonyl (C=O) groups is 10. The van der Waals surface area contributed by atoms with Gasteiger partial charge in [-0.3, -0.25) is 47.9 Å². The molecule has 0 bridgehead atoms. The fraction of sp³-hybridized carbons (Fsp3) is 0.345. The van der Waals surface area contributed by atoms with Gasteiger partial charge in [0, 0.05) is 62.5 Å². The van der Waals surface area contributed by atoms with Crippen molar-refractivity contribution in [2.24, 2.45) is 17.2 Å². The van der Waals surface area contributed by atoms with Crippen molar-refractivity contribution in [2.45, 2.75) is 128 Å². The molecule has 0 saturated heterocycles. The van der Waals surface area contributed by atoms with E-state index in [4.69, 9.17) is 47.3 Å². The zero-order valence-electron chi connectivity index (χ0n) is 51.0. The molecule has 0 aliphatic carbocycles. The number of fused-ring (bicyclic) bond motifs is 1. The largest absolute Gasteiger partial charge is 0.476 e. The van der Waals surface area contributed by atoms with Gasteiger partial charge in [0.15, 0.2) is 0 Å². The van der Waals surface area contributed by atoms with E-state index in [1.807, 2.05) is 97.9 Å². The third kappa shape index (κ3) is 35.4. The van der Waals surface area contributed by atoms with Crippen LogP contribution in [0.4, 0.5) is 0 Å². The molecular weight excluding hydrogens is 1180 g/mol. The maximum atomic E-state index is 12.1. The monoisotopic (exact) mass is 1260 g/mol. The lowest BCUT2D eigenvalue weighted by Crippen LogP contribution is -2.48. The second kappa shape index (κ2) is 44.0. The minimum Gasteiger partial charge on any atom is -0.426 e. The minimum absolute atomic E-state index is 0.0661. The Bertz CT molecular complexity index is 3090. The molecule has 33 heteroatoms. The molecule has 5 aromatic carbocycles. The van der Waals surface area contributed by atoms with Gasteiger partial charge < -0.3 is 94.0 Å². The van der Waals surface area contributed by atoms with Gasteiger partial charge in [-0.1, -0.05) is 117 Å². The fourth-order valence-corrected chi connectivity index (χ4v) is 7.89. The quantitative estimate of drug-likeness (QED) is 0.0215. The van der Waals surface area contributed by atoms with Gasteiger partial charge in [0.2, 0.25) is 35.4 Å². The molecule has 0 saturated carbocycles. The predicted molar refractivity (Wildman–Crippen MR) is 342 cm³/mol. The molecule has 8 amide bonds. The number of hydrogen-bond acceptors (Lipinski definition) is 20. The van der Waals surface area contributed by atoms with Crippen LogP contribution < -0.4 is 43.8 Å². The summed E-state index contributed by atoms with van der Waals surface area (Å²) in [5.74, 6) is -9.61. The maximum absolute atomic E-state index is 12.1. The highest BCUT2D eigenvalue weighted by Crippen LogP contribution is 2.20. The number of primary amides is 3. The Morgan fingerprint density at radius 2 is 0.747 bits per heavy atom. The predicted octanol–water partition coefficient (Wildman–Crippen LogP) is -2.32. The lowest BCUT2D eigenvalue weighted by atomic mass is 9.76. The number of nitrogens with one attached hydrogen (secondary N) is 5. The molecule has 0 aliphatic heterocycles. The Morgan fingerprint density at radius 1 is 0.396 bits per heavy atom. The molecule has 91 heavy (non-hydrogen) atoms. The Balaban J connectivity index is 0.000000579. The van der Waals surface area contributed by atoms with Crippen LogP contribution in [0.5, 0.6) is 0 Å². The minimum atomic E-state index is -1.87. The van der Waals surface area contributed by atoms with Gasteiger partial charge in [-0.25, -0.2) is 0 Å². The van der Waals surface area contributed by atoms with Crippen molar-refractivity contribution in [3.8, 4) is 11.1 Å². The molecule has 488 valence electrons. The zero-order valence-corrected chi connectivity index (χ0v) is 51.0. The average Bonchev–Trinajstić information content (AvgIpc) is 1.70. The van der Waals surface area contributed by atoms with Crippen molar-refractivity contribution in [3.63, 3.8) is 0 Å². The zero-order chi connectivity index (χ0) is 68.8. The summed E-state index contributed by atoms with van der Waals surface area (Å²) >= 11 is 0. The molecule has 0 unspecified atom stereocenters. The SMILES string of the molecule is CC(=O)C[C@@H](NC(=O)c1ccc2ccccc2c1)B(O)O.CCC(=O)N[C@@H](CC(C)=O)B(O)O.CCCC(=O)N[C@H](CC(N)=O)B(O)O.NC(=O)C[C@@H](NC(=O)CCCc1ccccc1)B(O)O.NC(=O)C[C@@H](NC(=O)c1ccc(-c2ccccc2)cc1)B(O)O. The summed E-state index contributed by atoms with van der Waals surface area (Å²) in [7, 11) is -8.92. The van der Waals surface area contributed by atoms with Crippen LogP contribution in [0.2, 0.25) is 0 Å². The molecular formula is C58H81B5N8O20. The summed E-state index contributed by atoms with van der Waals surface area (Å²) in [6.07, 6.45) is 1.69. The third-order valence-electron chi connectivity index (χ3n) is 12.5. The first-order valence-corrected chi connectivity index (χ1v) is 28.7. The number of hydrogen-bond donors (Lipinski definition) is 18. The van der Waals surface area contributed by atoms with E-state index in [-0.39, 0.29) is 80.7 Å². The normalized spacial score (nSPS) is 11.8. The number of rotatable bonds is 30. The van der Waals surface area contributed by atoms with Crippen LogP contribution in [0, 0.1) is 0 Å². The van der Waals surface area contributed by atoms with Crippen molar-refractivity contribution in [2.75, 3.05) is 0 Å². The van der Waals surface area contributed by atoms with E-state index in [0.717, 1.165) is 33.9 Å². The van der Waals surface area contributed by atoms with Gasteiger partial charge in [-0.05, 0) is 84.8 Å². The lowest BCUT2D eigenvalue weighted by Gasteiger charge is -2.16. The van der Waals surface area contributed by atoms with Crippen LogP contribution in [0.3, 0.4) is 0 Å². The molecule has 28 nitrogen and oxygen atoms in total. The van der Waals surface area contributed by atoms with Gasteiger partial charge in [-0.2, -0.15) is 0 Å². The number of aryl methyl sites for hydroxylation is 1. The number of ketones is 2. The van der Waals surface area contributed by atoms with E-state index in [0.29, 0.717) is 24.0 Å². The molecule has 5 aromatic rings.